The minimum absolute atomic E-state index is 0.689. The van der Waals surface area contributed by atoms with Gasteiger partial charge in [0.15, 0.2) is 0 Å². The summed E-state index contributed by atoms with van der Waals surface area (Å²) >= 11 is 7.44. The van der Waals surface area contributed by atoms with Crippen LogP contribution in [0.2, 0.25) is 4.34 Å². The van der Waals surface area contributed by atoms with Crippen LogP contribution in [-0.2, 0) is 11.3 Å². The molecule has 15 heavy (non-hydrogen) atoms. The van der Waals surface area contributed by atoms with Gasteiger partial charge in [0.1, 0.15) is 0 Å². The number of piperidine rings is 1. The first-order valence-electron chi connectivity index (χ1n) is 5.37. The zero-order valence-electron chi connectivity index (χ0n) is 8.67. The predicted octanol–water partition coefficient (Wildman–Crippen LogP) is 2.92. The van der Waals surface area contributed by atoms with E-state index in [1.165, 1.54) is 17.7 Å². The molecule has 1 aromatic rings. The van der Waals surface area contributed by atoms with Crippen LogP contribution >= 0.6 is 22.9 Å². The highest BCUT2D eigenvalue weighted by molar-refractivity contribution is 7.16. The normalized spacial score (nSPS) is 21.8. The number of nitrogens with one attached hydrogen (secondary N) is 1. The minimum atomic E-state index is 0.689. The lowest BCUT2D eigenvalue weighted by atomic mass is 10.0. The van der Waals surface area contributed by atoms with Gasteiger partial charge in [-0.15, -0.1) is 11.3 Å². The molecule has 1 fully saturated rings. The van der Waals surface area contributed by atoms with Crippen LogP contribution in [0.1, 0.15) is 17.7 Å². The van der Waals surface area contributed by atoms with E-state index < -0.39 is 0 Å². The van der Waals surface area contributed by atoms with Crippen molar-refractivity contribution in [2.24, 2.45) is 5.92 Å². The molecule has 84 valence electrons. The van der Waals surface area contributed by atoms with Crippen molar-refractivity contribution < 1.29 is 4.74 Å². The van der Waals surface area contributed by atoms with Gasteiger partial charge in [0.05, 0.1) is 17.6 Å². The summed E-state index contributed by atoms with van der Waals surface area (Å²) in [6.45, 7) is 3.83. The summed E-state index contributed by atoms with van der Waals surface area (Å²) in [5.74, 6) is 0.689. The average molecular weight is 246 g/mol. The molecule has 0 bridgehead atoms. The maximum Gasteiger partial charge on any atom is 0.0932 e. The Morgan fingerprint density at radius 3 is 3.13 bits per heavy atom. The summed E-state index contributed by atoms with van der Waals surface area (Å²) < 4.78 is 6.52. The zero-order chi connectivity index (χ0) is 10.5. The van der Waals surface area contributed by atoms with Gasteiger partial charge < -0.3 is 10.1 Å². The lowest BCUT2D eigenvalue weighted by molar-refractivity contribution is 0.0799. The highest BCUT2D eigenvalue weighted by Gasteiger charge is 2.12. The van der Waals surface area contributed by atoms with Gasteiger partial charge in [-0.1, -0.05) is 11.6 Å². The molecule has 1 aliphatic rings. The van der Waals surface area contributed by atoms with Gasteiger partial charge in [-0.05, 0) is 37.4 Å². The monoisotopic (exact) mass is 245 g/mol. The van der Waals surface area contributed by atoms with Crippen molar-refractivity contribution in [1.82, 2.24) is 5.32 Å². The van der Waals surface area contributed by atoms with E-state index in [9.17, 15) is 0 Å². The molecule has 2 heterocycles. The van der Waals surface area contributed by atoms with Crippen molar-refractivity contribution in [2.45, 2.75) is 19.4 Å². The smallest absolute Gasteiger partial charge is 0.0932 e. The predicted molar refractivity (Wildman–Crippen MR) is 64.6 cm³/mol. The third-order valence-electron chi connectivity index (χ3n) is 2.63. The molecule has 1 saturated heterocycles. The lowest BCUT2D eigenvalue weighted by Crippen LogP contribution is -2.32. The van der Waals surface area contributed by atoms with Crippen molar-refractivity contribution in [3.63, 3.8) is 0 Å². The topological polar surface area (TPSA) is 21.3 Å². The van der Waals surface area contributed by atoms with Crippen LogP contribution in [0.4, 0.5) is 0 Å². The number of thiophene rings is 1. The van der Waals surface area contributed by atoms with Gasteiger partial charge in [-0.25, -0.2) is 0 Å². The fourth-order valence-corrected chi connectivity index (χ4v) is 2.85. The first-order valence-corrected chi connectivity index (χ1v) is 6.57. The van der Waals surface area contributed by atoms with Crippen LogP contribution < -0.4 is 5.32 Å². The fraction of sp³-hybridized carbons (Fsp3) is 0.636. The van der Waals surface area contributed by atoms with Crippen LogP contribution in [0.15, 0.2) is 12.1 Å². The molecule has 4 heteroatoms. The van der Waals surface area contributed by atoms with E-state index in [-0.39, 0.29) is 0 Å². The molecule has 0 aliphatic carbocycles. The Labute approximate surface area is 99.6 Å². The molecular weight excluding hydrogens is 230 g/mol. The fourth-order valence-electron chi connectivity index (χ4n) is 1.82. The summed E-state index contributed by atoms with van der Waals surface area (Å²) in [4.78, 5) is 1.21. The molecule has 0 saturated carbocycles. The second kappa shape index (κ2) is 5.85. The lowest BCUT2D eigenvalue weighted by Gasteiger charge is -2.22. The quantitative estimate of drug-likeness (QED) is 0.881. The molecule has 1 atom stereocenters. The minimum Gasteiger partial charge on any atom is -0.376 e. The van der Waals surface area contributed by atoms with Gasteiger partial charge in [0.2, 0.25) is 0 Å². The van der Waals surface area contributed by atoms with E-state index in [0.29, 0.717) is 12.5 Å². The highest BCUT2D eigenvalue weighted by atomic mass is 35.5. The molecule has 0 aromatic carbocycles. The first-order chi connectivity index (χ1) is 7.34. The average Bonchev–Trinajstić information content (AvgIpc) is 2.66. The van der Waals surface area contributed by atoms with E-state index in [1.54, 1.807) is 11.3 Å². The van der Waals surface area contributed by atoms with Gasteiger partial charge in [0.25, 0.3) is 0 Å². The van der Waals surface area contributed by atoms with Crippen LogP contribution in [0.3, 0.4) is 0 Å². The molecular formula is C11H16ClNOS. The standard InChI is InChI=1S/C11H16ClNOS/c12-11-4-3-10(15-11)8-14-7-9-2-1-5-13-6-9/h3-4,9,13H,1-2,5-8H2. The van der Waals surface area contributed by atoms with E-state index >= 15 is 0 Å². The van der Waals surface area contributed by atoms with E-state index in [2.05, 4.69) is 5.32 Å². The maximum atomic E-state index is 5.84. The Kier molecular flexibility index (Phi) is 4.44. The van der Waals surface area contributed by atoms with Gasteiger partial charge in [-0.3, -0.25) is 0 Å². The highest BCUT2D eigenvalue weighted by Crippen LogP contribution is 2.22. The third-order valence-corrected chi connectivity index (χ3v) is 3.83. The largest absolute Gasteiger partial charge is 0.376 e. The molecule has 2 nitrogen and oxygen atoms in total. The van der Waals surface area contributed by atoms with Gasteiger partial charge >= 0.3 is 0 Å². The van der Waals surface area contributed by atoms with Crippen LogP contribution in [0.25, 0.3) is 0 Å². The number of hydrogen-bond acceptors (Lipinski definition) is 3. The number of ether oxygens (including phenoxy) is 1. The van der Waals surface area contributed by atoms with Crippen LogP contribution in [0, 0.1) is 5.92 Å². The molecule has 2 rings (SSSR count). The molecule has 1 N–H and O–H groups in total. The maximum absolute atomic E-state index is 5.84. The van der Waals surface area contributed by atoms with Gasteiger partial charge in [-0.2, -0.15) is 0 Å². The van der Waals surface area contributed by atoms with Crippen LogP contribution in [0.5, 0.6) is 0 Å². The number of halogens is 1. The van der Waals surface area contributed by atoms with E-state index in [0.717, 1.165) is 24.0 Å². The SMILES string of the molecule is Clc1ccc(COCC2CCCNC2)s1. The van der Waals surface area contributed by atoms with Crippen molar-refractivity contribution in [3.05, 3.63) is 21.3 Å². The van der Waals surface area contributed by atoms with Crippen molar-refractivity contribution in [2.75, 3.05) is 19.7 Å². The first kappa shape index (κ1) is 11.4. The van der Waals surface area contributed by atoms with Crippen molar-refractivity contribution in [3.8, 4) is 0 Å². The Morgan fingerprint density at radius 1 is 1.53 bits per heavy atom. The van der Waals surface area contributed by atoms with Crippen molar-refractivity contribution >= 4 is 22.9 Å². The van der Waals surface area contributed by atoms with Crippen molar-refractivity contribution in [1.29, 1.82) is 0 Å². The molecule has 1 aromatic heterocycles. The molecule has 0 spiro atoms. The van der Waals surface area contributed by atoms with Gasteiger partial charge in [0, 0.05) is 11.4 Å². The Balaban J connectivity index is 1.65. The summed E-state index contributed by atoms with van der Waals surface area (Å²) in [5, 5.41) is 3.39. The third kappa shape index (κ3) is 3.76. The number of hydrogen-bond donors (Lipinski definition) is 1. The molecule has 0 amide bonds. The summed E-state index contributed by atoms with van der Waals surface area (Å²) in [5.41, 5.74) is 0. The number of rotatable bonds is 4. The Morgan fingerprint density at radius 2 is 2.47 bits per heavy atom. The molecule has 1 unspecified atom stereocenters. The van der Waals surface area contributed by atoms with E-state index in [4.69, 9.17) is 16.3 Å². The summed E-state index contributed by atoms with van der Waals surface area (Å²) in [7, 11) is 0. The summed E-state index contributed by atoms with van der Waals surface area (Å²) in [6.07, 6.45) is 2.57. The Hall–Kier alpha value is -0.0900. The molecule has 1 aliphatic heterocycles. The van der Waals surface area contributed by atoms with Crippen LogP contribution in [-0.4, -0.2) is 19.7 Å². The second-order valence-electron chi connectivity index (χ2n) is 3.93. The molecule has 0 radical (unpaired) electrons. The second-order valence-corrected chi connectivity index (χ2v) is 5.73. The zero-order valence-corrected chi connectivity index (χ0v) is 10.2. The Bertz CT molecular complexity index is 297. The summed E-state index contributed by atoms with van der Waals surface area (Å²) in [6, 6.07) is 3.96. The van der Waals surface area contributed by atoms with E-state index in [1.807, 2.05) is 12.1 Å².